The summed E-state index contributed by atoms with van der Waals surface area (Å²) in [4.78, 5) is 0. The van der Waals surface area contributed by atoms with Crippen LogP contribution >= 0.6 is 0 Å². The Bertz CT molecular complexity index is 804. The lowest BCUT2D eigenvalue weighted by atomic mass is 10.1. The third-order valence-electron chi connectivity index (χ3n) is 3.64. The third kappa shape index (κ3) is 2.44. The average Bonchev–Trinajstić information content (AvgIpc) is 2.83. The maximum Gasteiger partial charge on any atom is 0.165 e. The van der Waals surface area contributed by atoms with Gasteiger partial charge in [0, 0.05) is 5.56 Å². The van der Waals surface area contributed by atoms with Gasteiger partial charge in [-0.1, -0.05) is 23.8 Å². The fourth-order valence-electron chi connectivity index (χ4n) is 2.48. The Hall–Kier alpha value is -2.75. The molecular formula is C18H18N2O2. The molecule has 0 saturated carbocycles. The summed E-state index contributed by atoms with van der Waals surface area (Å²) in [5, 5.41) is 14.9. The summed E-state index contributed by atoms with van der Waals surface area (Å²) in [5.41, 5.74) is 4.25. The summed E-state index contributed by atoms with van der Waals surface area (Å²) in [6, 6.07) is 15.6. The molecule has 0 aliphatic carbocycles. The van der Waals surface area contributed by atoms with Crippen molar-refractivity contribution in [2.75, 3.05) is 7.11 Å². The highest BCUT2D eigenvalue weighted by Crippen LogP contribution is 2.34. The number of aromatic hydroxyl groups is 1. The molecule has 0 bridgehead atoms. The minimum absolute atomic E-state index is 0.210. The Morgan fingerprint density at radius 2 is 1.77 bits per heavy atom. The van der Waals surface area contributed by atoms with E-state index >= 15 is 0 Å². The predicted octanol–water partition coefficient (Wildman–Crippen LogP) is 3.87. The van der Waals surface area contributed by atoms with Crippen LogP contribution < -0.4 is 4.74 Å². The van der Waals surface area contributed by atoms with Crippen molar-refractivity contribution in [2.45, 2.75) is 13.8 Å². The monoisotopic (exact) mass is 294 g/mol. The average molecular weight is 294 g/mol. The van der Waals surface area contributed by atoms with E-state index in [0.717, 1.165) is 22.6 Å². The van der Waals surface area contributed by atoms with Gasteiger partial charge in [-0.15, -0.1) is 0 Å². The highest BCUT2D eigenvalue weighted by Gasteiger charge is 2.17. The second kappa shape index (κ2) is 5.56. The Kier molecular flexibility index (Phi) is 3.59. The molecule has 0 aliphatic heterocycles. The smallest absolute Gasteiger partial charge is 0.165 e. The molecule has 4 nitrogen and oxygen atoms in total. The summed E-state index contributed by atoms with van der Waals surface area (Å²) in [5.74, 6) is 0.996. The van der Waals surface area contributed by atoms with Crippen LogP contribution in [-0.2, 0) is 0 Å². The van der Waals surface area contributed by atoms with E-state index in [2.05, 4.69) is 5.10 Å². The number of ether oxygens (including phenoxy) is 1. The zero-order valence-corrected chi connectivity index (χ0v) is 12.9. The highest BCUT2D eigenvalue weighted by molar-refractivity contribution is 5.70. The molecule has 0 atom stereocenters. The summed E-state index contributed by atoms with van der Waals surface area (Å²) in [6.45, 7) is 3.83. The normalized spacial score (nSPS) is 10.7. The van der Waals surface area contributed by atoms with E-state index < -0.39 is 0 Å². The first-order valence-corrected chi connectivity index (χ1v) is 7.10. The van der Waals surface area contributed by atoms with E-state index in [1.807, 2.05) is 55.5 Å². The molecule has 1 aromatic heterocycles. The van der Waals surface area contributed by atoms with Crippen molar-refractivity contribution in [3.05, 3.63) is 59.8 Å². The Morgan fingerprint density at radius 1 is 1.05 bits per heavy atom. The molecule has 0 unspecified atom stereocenters. The Labute approximate surface area is 129 Å². The zero-order chi connectivity index (χ0) is 15.7. The molecule has 2 aromatic carbocycles. The first-order chi connectivity index (χ1) is 10.6. The van der Waals surface area contributed by atoms with E-state index in [1.165, 1.54) is 0 Å². The molecule has 0 amide bonds. The van der Waals surface area contributed by atoms with Gasteiger partial charge in [-0.25, -0.2) is 4.68 Å². The fraction of sp³-hybridized carbons (Fsp3) is 0.167. The van der Waals surface area contributed by atoms with Crippen LogP contribution in [0.25, 0.3) is 16.9 Å². The van der Waals surface area contributed by atoms with Gasteiger partial charge in [-0.3, -0.25) is 0 Å². The van der Waals surface area contributed by atoms with E-state index in [-0.39, 0.29) is 5.75 Å². The van der Waals surface area contributed by atoms with Crippen LogP contribution in [0.5, 0.6) is 11.5 Å². The van der Waals surface area contributed by atoms with Crippen LogP contribution in [0.15, 0.2) is 48.5 Å². The lowest BCUT2D eigenvalue weighted by Gasteiger charge is -2.09. The summed E-state index contributed by atoms with van der Waals surface area (Å²) in [7, 11) is 1.64. The van der Waals surface area contributed by atoms with Gasteiger partial charge in [0.2, 0.25) is 0 Å². The minimum atomic E-state index is 0.210. The molecule has 0 saturated heterocycles. The van der Waals surface area contributed by atoms with Crippen molar-refractivity contribution in [2.24, 2.45) is 0 Å². The number of rotatable bonds is 3. The van der Waals surface area contributed by atoms with E-state index in [9.17, 15) is 5.11 Å². The van der Waals surface area contributed by atoms with Crippen LogP contribution in [0.2, 0.25) is 0 Å². The van der Waals surface area contributed by atoms with Gasteiger partial charge in [0.25, 0.3) is 0 Å². The van der Waals surface area contributed by atoms with Crippen molar-refractivity contribution >= 4 is 0 Å². The number of hydrogen-bond donors (Lipinski definition) is 1. The number of methoxy groups -OCH3 is 1. The van der Waals surface area contributed by atoms with Gasteiger partial charge in [0.15, 0.2) is 5.75 Å². The van der Waals surface area contributed by atoms with Crippen molar-refractivity contribution in [1.82, 2.24) is 9.78 Å². The van der Waals surface area contributed by atoms with Crippen LogP contribution in [0.3, 0.4) is 0 Å². The SMILES string of the molecule is COc1ccc(-n2nc(C)c(O)c2-c2cccc(C)c2)cc1. The number of aromatic nitrogens is 2. The fourth-order valence-corrected chi connectivity index (χ4v) is 2.48. The van der Waals surface area contributed by atoms with E-state index in [0.29, 0.717) is 11.4 Å². The standard InChI is InChI=1S/C18H18N2O2/c1-12-5-4-6-14(11-12)17-18(21)13(2)19-20(17)15-7-9-16(22-3)10-8-15/h4-11,21H,1-3H3. The van der Waals surface area contributed by atoms with Gasteiger partial charge in [0.1, 0.15) is 17.1 Å². The molecule has 0 radical (unpaired) electrons. The number of aryl methyl sites for hydroxylation is 2. The van der Waals surface area contributed by atoms with Crippen LogP contribution in [0.1, 0.15) is 11.3 Å². The molecule has 1 N–H and O–H groups in total. The molecule has 0 spiro atoms. The lowest BCUT2D eigenvalue weighted by Crippen LogP contribution is -1.99. The molecule has 4 heteroatoms. The van der Waals surface area contributed by atoms with Crippen LogP contribution in [-0.4, -0.2) is 22.0 Å². The summed E-state index contributed by atoms with van der Waals surface area (Å²) in [6.07, 6.45) is 0. The van der Waals surface area contributed by atoms with E-state index in [4.69, 9.17) is 4.74 Å². The Morgan fingerprint density at radius 3 is 2.41 bits per heavy atom. The molecule has 3 aromatic rings. The number of nitrogens with zero attached hydrogens (tertiary/aromatic N) is 2. The second-order valence-corrected chi connectivity index (χ2v) is 5.26. The van der Waals surface area contributed by atoms with Crippen molar-refractivity contribution < 1.29 is 9.84 Å². The molecule has 0 aliphatic rings. The van der Waals surface area contributed by atoms with Gasteiger partial charge in [-0.05, 0) is 44.2 Å². The van der Waals surface area contributed by atoms with Crippen LogP contribution in [0.4, 0.5) is 0 Å². The van der Waals surface area contributed by atoms with Crippen molar-refractivity contribution in [3.63, 3.8) is 0 Å². The second-order valence-electron chi connectivity index (χ2n) is 5.26. The van der Waals surface area contributed by atoms with Crippen molar-refractivity contribution in [3.8, 4) is 28.4 Å². The number of hydrogen-bond acceptors (Lipinski definition) is 3. The summed E-state index contributed by atoms with van der Waals surface area (Å²) >= 11 is 0. The molecular weight excluding hydrogens is 276 g/mol. The van der Waals surface area contributed by atoms with Gasteiger partial charge < -0.3 is 9.84 Å². The minimum Gasteiger partial charge on any atom is -0.504 e. The van der Waals surface area contributed by atoms with Gasteiger partial charge in [-0.2, -0.15) is 5.10 Å². The Balaban J connectivity index is 2.18. The third-order valence-corrected chi connectivity index (χ3v) is 3.64. The van der Waals surface area contributed by atoms with Gasteiger partial charge >= 0.3 is 0 Å². The van der Waals surface area contributed by atoms with E-state index in [1.54, 1.807) is 18.7 Å². The first kappa shape index (κ1) is 14.2. The van der Waals surface area contributed by atoms with Gasteiger partial charge in [0.05, 0.1) is 12.8 Å². The predicted molar refractivity (Wildman–Crippen MR) is 86.7 cm³/mol. The summed E-state index contributed by atoms with van der Waals surface area (Å²) < 4.78 is 6.95. The molecule has 1 heterocycles. The maximum atomic E-state index is 10.4. The zero-order valence-electron chi connectivity index (χ0n) is 12.9. The number of benzene rings is 2. The van der Waals surface area contributed by atoms with Crippen molar-refractivity contribution in [1.29, 1.82) is 0 Å². The molecule has 22 heavy (non-hydrogen) atoms. The first-order valence-electron chi connectivity index (χ1n) is 7.10. The maximum absolute atomic E-state index is 10.4. The molecule has 3 rings (SSSR count). The highest BCUT2D eigenvalue weighted by atomic mass is 16.5. The molecule has 112 valence electrons. The quantitative estimate of drug-likeness (QED) is 0.797. The molecule has 0 fully saturated rings. The lowest BCUT2D eigenvalue weighted by molar-refractivity contribution is 0.414. The van der Waals surface area contributed by atoms with Crippen LogP contribution in [0, 0.1) is 13.8 Å². The largest absolute Gasteiger partial charge is 0.504 e. The topological polar surface area (TPSA) is 47.3 Å².